The third-order valence-corrected chi connectivity index (χ3v) is 4.04. The molecule has 1 aromatic carbocycles. The number of anilines is 1. The van der Waals surface area contributed by atoms with Gasteiger partial charge in [-0.3, -0.25) is 0 Å². The lowest BCUT2D eigenvalue weighted by molar-refractivity contribution is 0.340. The predicted octanol–water partition coefficient (Wildman–Crippen LogP) is 3.41. The summed E-state index contributed by atoms with van der Waals surface area (Å²) >= 11 is 6.20. The zero-order chi connectivity index (χ0) is 16.4. The first-order chi connectivity index (χ1) is 11.1. The molecule has 0 aliphatic heterocycles. The molecule has 6 nitrogen and oxygen atoms in total. The van der Waals surface area contributed by atoms with Gasteiger partial charge in [0.15, 0.2) is 0 Å². The van der Waals surface area contributed by atoms with Crippen molar-refractivity contribution in [3.63, 3.8) is 0 Å². The van der Waals surface area contributed by atoms with Gasteiger partial charge in [0, 0.05) is 6.54 Å². The van der Waals surface area contributed by atoms with E-state index >= 15 is 0 Å². The molecule has 1 N–H and O–H groups in total. The first-order valence-corrected chi connectivity index (χ1v) is 7.81. The molecule has 7 heteroatoms. The Kier molecular flexibility index (Phi) is 4.34. The van der Waals surface area contributed by atoms with E-state index in [-0.39, 0.29) is 0 Å². The topological polar surface area (TPSA) is 64.3 Å². The van der Waals surface area contributed by atoms with Crippen LogP contribution in [0, 0.1) is 13.8 Å². The molecule has 0 radical (unpaired) electrons. The molecular weight excluding hydrogens is 314 g/mol. The van der Waals surface area contributed by atoms with Gasteiger partial charge in [-0.1, -0.05) is 23.7 Å². The Balaban J connectivity index is 1.75. The molecule has 0 saturated heterocycles. The maximum Gasteiger partial charge on any atom is 0.254 e. The lowest BCUT2D eigenvalue weighted by atomic mass is 10.2. The van der Waals surface area contributed by atoms with Crippen LogP contribution in [0.15, 0.2) is 24.3 Å². The Morgan fingerprint density at radius 3 is 2.61 bits per heavy atom. The summed E-state index contributed by atoms with van der Waals surface area (Å²) < 4.78 is 7.08. The zero-order valence-electron chi connectivity index (χ0n) is 13.3. The molecule has 0 bridgehead atoms. The SMILES string of the molecule is CCOc1ccc(CNc2nc3nc(C)c(Cl)c(C)n3n2)cc1. The van der Waals surface area contributed by atoms with Crippen LogP contribution in [0.5, 0.6) is 5.75 Å². The quantitative estimate of drug-likeness (QED) is 0.776. The number of nitrogens with zero attached hydrogens (tertiary/aromatic N) is 4. The molecule has 23 heavy (non-hydrogen) atoms. The van der Waals surface area contributed by atoms with Gasteiger partial charge in [0.2, 0.25) is 5.95 Å². The predicted molar refractivity (Wildman–Crippen MR) is 90.2 cm³/mol. The summed E-state index contributed by atoms with van der Waals surface area (Å²) in [6.45, 7) is 7.01. The highest BCUT2D eigenvalue weighted by Gasteiger charge is 2.11. The first-order valence-electron chi connectivity index (χ1n) is 7.43. The highest BCUT2D eigenvalue weighted by molar-refractivity contribution is 6.31. The summed E-state index contributed by atoms with van der Waals surface area (Å²) in [5, 5.41) is 8.21. The monoisotopic (exact) mass is 331 g/mol. The smallest absolute Gasteiger partial charge is 0.254 e. The fourth-order valence-corrected chi connectivity index (χ4v) is 2.40. The minimum Gasteiger partial charge on any atom is -0.494 e. The first kappa shape index (κ1) is 15.6. The Morgan fingerprint density at radius 2 is 1.91 bits per heavy atom. The molecule has 0 aliphatic rings. The molecule has 0 aliphatic carbocycles. The van der Waals surface area contributed by atoms with Gasteiger partial charge in [0.1, 0.15) is 5.75 Å². The lowest BCUT2D eigenvalue weighted by Gasteiger charge is -2.05. The van der Waals surface area contributed by atoms with Gasteiger partial charge in [-0.05, 0) is 38.5 Å². The van der Waals surface area contributed by atoms with Gasteiger partial charge in [-0.25, -0.2) is 4.98 Å². The van der Waals surface area contributed by atoms with E-state index in [0.29, 0.717) is 29.9 Å². The Labute approximate surface area is 139 Å². The van der Waals surface area contributed by atoms with Crippen molar-refractivity contribution in [2.75, 3.05) is 11.9 Å². The van der Waals surface area contributed by atoms with Crippen molar-refractivity contribution in [3.8, 4) is 5.75 Å². The van der Waals surface area contributed by atoms with E-state index in [9.17, 15) is 0 Å². The lowest BCUT2D eigenvalue weighted by Crippen LogP contribution is -2.02. The van der Waals surface area contributed by atoms with Crippen LogP contribution >= 0.6 is 11.6 Å². The normalized spacial score (nSPS) is 11.0. The molecule has 0 atom stereocenters. The van der Waals surface area contributed by atoms with E-state index in [2.05, 4.69) is 20.4 Å². The van der Waals surface area contributed by atoms with Crippen molar-refractivity contribution in [1.29, 1.82) is 0 Å². The number of ether oxygens (including phenoxy) is 1. The number of benzene rings is 1. The molecule has 0 spiro atoms. The number of aryl methyl sites for hydroxylation is 2. The van der Waals surface area contributed by atoms with E-state index in [4.69, 9.17) is 16.3 Å². The van der Waals surface area contributed by atoms with E-state index < -0.39 is 0 Å². The third kappa shape index (κ3) is 3.22. The number of rotatable bonds is 5. The van der Waals surface area contributed by atoms with Crippen LogP contribution in [-0.2, 0) is 6.54 Å². The van der Waals surface area contributed by atoms with Crippen molar-refractivity contribution >= 4 is 23.3 Å². The van der Waals surface area contributed by atoms with Gasteiger partial charge in [-0.15, -0.1) is 5.10 Å². The number of hydrogen-bond donors (Lipinski definition) is 1. The van der Waals surface area contributed by atoms with Crippen LogP contribution in [0.3, 0.4) is 0 Å². The maximum atomic E-state index is 6.20. The number of hydrogen-bond acceptors (Lipinski definition) is 5. The summed E-state index contributed by atoms with van der Waals surface area (Å²) in [6, 6.07) is 7.93. The number of halogens is 1. The molecule has 0 unspecified atom stereocenters. The van der Waals surface area contributed by atoms with E-state index in [1.807, 2.05) is 45.0 Å². The average molecular weight is 332 g/mol. The maximum absolute atomic E-state index is 6.20. The van der Waals surface area contributed by atoms with Crippen molar-refractivity contribution in [1.82, 2.24) is 19.6 Å². The van der Waals surface area contributed by atoms with E-state index in [1.165, 1.54) is 0 Å². The second-order valence-corrected chi connectivity index (χ2v) is 5.55. The second-order valence-electron chi connectivity index (χ2n) is 5.17. The van der Waals surface area contributed by atoms with Crippen molar-refractivity contribution in [2.24, 2.45) is 0 Å². The van der Waals surface area contributed by atoms with Crippen LogP contribution in [0.4, 0.5) is 5.95 Å². The molecule has 0 fully saturated rings. The summed E-state index contributed by atoms with van der Waals surface area (Å²) in [4.78, 5) is 8.73. The molecule has 3 rings (SSSR count). The Morgan fingerprint density at radius 1 is 1.17 bits per heavy atom. The standard InChI is InChI=1S/C16H18ClN5O/c1-4-23-13-7-5-12(6-8-13)9-18-15-20-16-19-10(2)14(17)11(3)22(16)21-15/h5-8H,4,9H2,1-3H3,(H,18,21). The summed E-state index contributed by atoms with van der Waals surface area (Å²) in [7, 11) is 0. The fraction of sp³-hybridized carbons (Fsp3) is 0.312. The van der Waals surface area contributed by atoms with Crippen molar-refractivity contribution in [2.45, 2.75) is 27.3 Å². The Hall–Kier alpha value is -2.34. The molecule has 2 heterocycles. The average Bonchev–Trinajstić information content (AvgIpc) is 2.95. The summed E-state index contributed by atoms with van der Waals surface area (Å²) in [6.07, 6.45) is 0. The molecular formula is C16H18ClN5O. The molecule has 0 amide bonds. The van der Waals surface area contributed by atoms with Crippen LogP contribution < -0.4 is 10.1 Å². The number of nitrogens with one attached hydrogen (secondary N) is 1. The van der Waals surface area contributed by atoms with Gasteiger partial charge in [0.05, 0.1) is 23.0 Å². The van der Waals surface area contributed by atoms with Gasteiger partial charge < -0.3 is 10.1 Å². The fourth-order valence-electron chi connectivity index (χ4n) is 2.28. The molecule has 120 valence electrons. The summed E-state index contributed by atoms with van der Waals surface area (Å²) in [5.41, 5.74) is 2.70. The summed E-state index contributed by atoms with van der Waals surface area (Å²) in [5.74, 6) is 1.93. The second kappa shape index (κ2) is 6.42. The molecule has 0 saturated carbocycles. The van der Waals surface area contributed by atoms with E-state index in [0.717, 1.165) is 22.7 Å². The molecule has 2 aromatic heterocycles. The Bertz CT molecular complexity index is 829. The number of fused-ring (bicyclic) bond motifs is 1. The van der Waals surface area contributed by atoms with E-state index in [1.54, 1.807) is 4.52 Å². The van der Waals surface area contributed by atoms with Gasteiger partial charge in [-0.2, -0.15) is 9.50 Å². The minimum absolute atomic E-state index is 0.524. The third-order valence-electron chi connectivity index (χ3n) is 3.50. The van der Waals surface area contributed by atoms with Gasteiger partial charge in [0.25, 0.3) is 5.78 Å². The highest BCUT2D eigenvalue weighted by Crippen LogP contribution is 2.20. The van der Waals surface area contributed by atoms with Crippen LogP contribution in [0.2, 0.25) is 5.02 Å². The largest absolute Gasteiger partial charge is 0.494 e. The van der Waals surface area contributed by atoms with Crippen molar-refractivity contribution in [3.05, 3.63) is 46.2 Å². The van der Waals surface area contributed by atoms with Gasteiger partial charge >= 0.3 is 0 Å². The number of aromatic nitrogens is 4. The van der Waals surface area contributed by atoms with Crippen molar-refractivity contribution < 1.29 is 4.74 Å². The zero-order valence-corrected chi connectivity index (χ0v) is 14.1. The minimum atomic E-state index is 0.524. The highest BCUT2D eigenvalue weighted by atomic mass is 35.5. The molecule has 3 aromatic rings. The van der Waals surface area contributed by atoms with Crippen LogP contribution in [-0.4, -0.2) is 26.2 Å². The van der Waals surface area contributed by atoms with Crippen LogP contribution in [0.25, 0.3) is 5.78 Å². The van der Waals surface area contributed by atoms with Crippen LogP contribution in [0.1, 0.15) is 23.9 Å².